The van der Waals surface area contributed by atoms with Crippen LogP contribution in [0.2, 0.25) is 0 Å². The summed E-state index contributed by atoms with van der Waals surface area (Å²) in [5.74, 6) is 0.409. The van der Waals surface area contributed by atoms with E-state index in [2.05, 4.69) is 26.8 Å². The van der Waals surface area contributed by atoms with Crippen LogP contribution in [0.15, 0.2) is 46.9 Å². The van der Waals surface area contributed by atoms with E-state index in [0.29, 0.717) is 30.3 Å². The molecular formula is C17H15BrN2O4. The van der Waals surface area contributed by atoms with E-state index >= 15 is 0 Å². The Morgan fingerprint density at radius 3 is 2.42 bits per heavy atom. The molecule has 2 aromatic rings. The lowest BCUT2D eigenvalue weighted by Gasteiger charge is -2.18. The van der Waals surface area contributed by atoms with Crippen LogP contribution in [0.3, 0.4) is 0 Å². The third kappa shape index (κ3) is 4.05. The van der Waals surface area contributed by atoms with E-state index in [9.17, 15) is 9.59 Å². The van der Waals surface area contributed by atoms with Gasteiger partial charge in [0, 0.05) is 10.0 Å². The normalized spacial score (nSPS) is 12.4. The second-order valence-corrected chi connectivity index (χ2v) is 6.08. The van der Waals surface area contributed by atoms with Gasteiger partial charge in [-0.15, -0.1) is 0 Å². The first-order chi connectivity index (χ1) is 11.6. The number of rotatable bonds is 3. The molecule has 0 spiro atoms. The molecule has 1 heterocycles. The number of nitrogens with one attached hydrogen (secondary N) is 2. The highest BCUT2D eigenvalue weighted by atomic mass is 79.9. The van der Waals surface area contributed by atoms with Gasteiger partial charge in [-0.2, -0.15) is 0 Å². The summed E-state index contributed by atoms with van der Waals surface area (Å²) in [4.78, 5) is 24.0. The minimum atomic E-state index is -0.420. The summed E-state index contributed by atoms with van der Waals surface area (Å²) in [6.07, 6.45) is 0.175. The average molecular weight is 391 g/mol. The Bertz CT molecular complexity index is 762. The number of hydrogen-bond donors (Lipinski definition) is 2. The molecule has 6 nitrogen and oxygen atoms in total. The summed E-state index contributed by atoms with van der Waals surface area (Å²) in [6, 6.07) is 12.3. The number of carbonyl (C=O) groups excluding carboxylic acids is 2. The zero-order chi connectivity index (χ0) is 16.9. The van der Waals surface area contributed by atoms with Gasteiger partial charge in [0.2, 0.25) is 5.91 Å². The molecule has 3 rings (SSSR count). The van der Waals surface area contributed by atoms with Gasteiger partial charge in [0.05, 0.1) is 6.42 Å². The van der Waals surface area contributed by atoms with Gasteiger partial charge in [-0.05, 0) is 35.9 Å². The molecule has 0 radical (unpaired) electrons. The van der Waals surface area contributed by atoms with Crippen LogP contribution in [0.5, 0.6) is 11.5 Å². The molecule has 0 atom stereocenters. The van der Waals surface area contributed by atoms with Gasteiger partial charge in [-0.3, -0.25) is 20.4 Å². The lowest BCUT2D eigenvalue weighted by Crippen LogP contribution is -2.42. The maximum absolute atomic E-state index is 12.1. The van der Waals surface area contributed by atoms with E-state index in [1.807, 2.05) is 24.3 Å². The fraction of sp³-hybridized carbons (Fsp3) is 0.176. The quantitative estimate of drug-likeness (QED) is 0.787. The number of hydrogen-bond acceptors (Lipinski definition) is 4. The first-order valence-corrected chi connectivity index (χ1v) is 8.14. The van der Waals surface area contributed by atoms with Gasteiger partial charge in [-0.25, -0.2) is 0 Å². The highest BCUT2D eigenvalue weighted by Gasteiger charge is 2.15. The Balaban J connectivity index is 1.55. The molecule has 0 aliphatic carbocycles. The van der Waals surface area contributed by atoms with Crippen molar-refractivity contribution in [3.8, 4) is 11.5 Å². The third-order valence-corrected chi connectivity index (χ3v) is 3.93. The van der Waals surface area contributed by atoms with Crippen LogP contribution in [0, 0.1) is 0 Å². The van der Waals surface area contributed by atoms with Crippen molar-refractivity contribution < 1.29 is 19.1 Å². The van der Waals surface area contributed by atoms with E-state index in [1.54, 1.807) is 18.2 Å². The molecule has 2 aromatic carbocycles. The van der Waals surface area contributed by atoms with Crippen molar-refractivity contribution in [1.29, 1.82) is 0 Å². The summed E-state index contributed by atoms with van der Waals surface area (Å²) < 4.78 is 11.8. The van der Waals surface area contributed by atoms with E-state index < -0.39 is 5.91 Å². The monoisotopic (exact) mass is 390 g/mol. The standard InChI is InChI=1S/C17H15BrN2O4/c18-13-4-1-11(2-5-13)9-16(21)19-20-17(22)12-3-6-14-15(10-12)24-8-7-23-14/h1-6,10H,7-9H2,(H,19,21)(H,20,22). The maximum Gasteiger partial charge on any atom is 0.269 e. The summed E-state index contributed by atoms with van der Waals surface area (Å²) in [5, 5.41) is 0. The van der Waals surface area contributed by atoms with Crippen LogP contribution in [0.1, 0.15) is 15.9 Å². The van der Waals surface area contributed by atoms with Gasteiger partial charge in [0.15, 0.2) is 11.5 Å². The Morgan fingerprint density at radius 2 is 1.67 bits per heavy atom. The molecule has 0 saturated heterocycles. The number of ether oxygens (including phenoxy) is 2. The minimum Gasteiger partial charge on any atom is -0.486 e. The molecule has 2 amide bonds. The zero-order valence-electron chi connectivity index (χ0n) is 12.7. The van der Waals surface area contributed by atoms with Crippen molar-refractivity contribution in [1.82, 2.24) is 10.9 Å². The first-order valence-electron chi connectivity index (χ1n) is 7.35. The summed E-state index contributed by atoms with van der Waals surface area (Å²) >= 11 is 3.34. The zero-order valence-corrected chi connectivity index (χ0v) is 14.3. The second kappa shape index (κ2) is 7.35. The molecule has 1 aliphatic heterocycles. The van der Waals surface area contributed by atoms with Crippen LogP contribution >= 0.6 is 15.9 Å². The van der Waals surface area contributed by atoms with Gasteiger partial charge in [-0.1, -0.05) is 28.1 Å². The average Bonchev–Trinajstić information content (AvgIpc) is 2.61. The molecule has 0 unspecified atom stereocenters. The smallest absolute Gasteiger partial charge is 0.269 e. The molecule has 0 aromatic heterocycles. The van der Waals surface area contributed by atoms with E-state index in [-0.39, 0.29) is 12.3 Å². The molecule has 124 valence electrons. The van der Waals surface area contributed by atoms with Gasteiger partial charge in [0.1, 0.15) is 13.2 Å². The lowest BCUT2D eigenvalue weighted by molar-refractivity contribution is -0.121. The highest BCUT2D eigenvalue weighted by Crippen LogP contribution is 2.30. The lowest BCUT2D eigenvalue weighted by atomic mass is 10.1. The molecule has 24 heavy (non-hydrogen) atoms. The second-order valence-electron chi connectivity index (χ2n) is 5.16. The summed E-state index contributed by atoms with van der Waals surface area (Å²) in [6.45, 7) is 0.937. The third-order valence-electron chi connectivity index (χ3n) is 3.40. The highest BCUT2D eigenvalue weighted by molar-refractivity contribution is 9.10. The number of halogens is 1. The van der Waals surface area contributed by atoms with Crippen LogP contribution in [-0.2, 0) is 11.2 Å². The van der Waals surface area contributed by atoms with Crippen LogP contribution in [-0.4, -0.2) is 25.0 Å². The number of carbonyl (C=O) groups is 2. The SMILES string of the molecule is O=C(Cc1ccc(Br)cc1)NNC(=O)c1ccc2c(c1)OCCO2. The van der Waals surface area contributed by atoms with Crippen LogP contribution in [0.25, 0.3) is 0 Å². The molecular weight excluding hydrogens is 376 g/mol. The topological polar surface area (TPSA) is 76.7 Å². The number of benzene rings is 2. The summed E-state index contributed by atoms with van der Waals surface area (Å²) in [5.41, 5.74) is 6.02. The van der Waals surface area contributed by atoms with Crippen molar-refractivity contribution in [3.05, 3.63) is 58.1 Å². The fourth-order valence-electron chi connectivity index (χ4n) is 2.22. The molecule has 1 aliphatic rings. The predicted octanol–water partition coefficient (Wildman–Crippen LogP) is 2.22. The minimum absolute atomic E-state index is 0.175. The van der Waals surface area contributed by atoms with E-state index in [1.165, 1.54) is 0 Å². The molecule has 7 heteroatoms. The largest absolute Gasteiger partial charge is 0.486 e. The van der Waals surface area contributed by atoms with Crippen LogP contribution < -0.4 is 20.3 Å². The van der Waals surface area contributed by atoms with Crippen molar-refractivity contribution in [2.75, 3.05) is 13.2 Å². The van der Waals surface area contributed by atoms with Crippen molar-refractivity contribution in [3.63, 3.8) is 0 Å². The van der Waals surface area contributed by atoms with Gasteiger partial charge in [0.25, 0.3) is 5.91 Å². The predicted molar refractivity (Wildman–Crippen MR) is 90.9 cm³/mol. The van der Waals surface area contributed by atoms with Crippen molar-refractivity contribution in [2.24, 2.45) is 0 Å². The van der Waals surface area contributed by atoms with Gasteiger partial charge < -0.3 is 9.47 Å². The summed E-state index contributed by atoms with van der Waals surface area (Å²) in [7, 11) is 0. The van der Waals surface area contributed by atoms with Crippen LogP contribution in [0.4, 0.5) is 0 Å². The number of hydrazine groups is 1. The van der Waals surface area contributed by atoms with Gasteiger partial charge >= 0.3 is 0 Å². The fourth-order valence-corrected chi connectivity index (χ4v) is 2.48. The Kier molecular flexibility index (Phi) is 5.00. The number of fused-ring (bicyclic) bond motifs is 1. The maximum atomic E-state index is 12.1. The Hall–Kier alpha value is -2.54. The first kappa shape index (κ1) is 16.3. The van der Waals surface area contributed by atoms with Crippen molar-refractivity contribution in [2.45, 2.75) is 6.42 Å². The van der Waals surface area contributed by atoms with E-state index in [4.69, 9.17) is 9.47 Å². The Morgan fingerprint density at radius 1 is 0.958 bits per heavy atom. The number of amides is 2. The Labute approximate surface area is 147 Å². The molecule has 0 saturated carbocycles. The van der Waals surface area contributed by atoms with E-state index in [0.717, 1.165) is 10.0 Å². The van der Waals surface area contributed by atoms with Crippen molar-refractivity contribution >= 4 is 27.7 Å². The molecule has 0 bridgehead atoms. The molecule has 2 N–H and O–H groups in total. The molecule has 0 fully saturated rings.